The molecule has 21 nitrogen and oxygen atoms in total. The molecular formula is C9H14N5O16P3. The first kappa shape index (κ1) is 27.2. The minimum Gasteiger partial charge on any atom is -0.431 e. The van der Waals surface area contributed by atoms with Crippen LogP contribution in [0.25, 0.3) is 10.4 Å². The molecule has 1 aliphatic heterocycles. The second-order valence-corrected chi connectivity index (χ2v) is 10.2. The third-order valence-corrected chi connectivity index (χ3v) is 7.26. The van der Waals surface area contributed by atoms with Gasteiger partial charge in [0.1, 0.15) is 30.2 Å². The number of hydrogen-bond acceptors (Lipinski definition) is 13. The van der Waals surface area contributed by atoms with E-state index in [-0.39, 0.29) is 0 Å². The molecule has 0 radical (unpaired) electrons. The summed E-state index contributed by atoms with van der Waals surface area (Å²) in [7, 11) is -17.4. The fourth-order valence-corrected chi connectivity index (χ4v) is 5.39. The van der Waals surface area contributed by atoms with Crippen LogP contribution in [0.2, 0.25) is 0 Å². The zero-order valence-electron chi connectivity index (χ0n) is 15.5. The number of rotatable bonds is 10. The molecule has 2 rings (SSSR count). The minimum atomic E-state index is -5.90. The maximum Gasteiger partial charge on any atom is 0.536 e. The Morgan fingerprint density at radius 3 is 2.33 bits per heavy atom. The molecule has 6 atom stereocenters. The van der Waals surface area contributed by atoms with Crippen molar-refractivity contribution in [1.82, 2.24) is 9.55 Å². The number of phosphoric acid groups is 3. The van der Waals surface area contributed by atoms with Crippen molar-refractivity contribution in [3.63, 3.8) is 0 Å². The van der Waals surface area contributed by atoms with Gasteiger partial charge in [0.2, 0.25) is 5.75 Å². The number of nitrogens with one attached hydrogen (secondary N) is 1. The van der Waals surface area contributed by atoms with Crippen molar-refractivity contribution in [2.24, 2.45) is 5.28 Å². The van der Waals surface area contributed by atoms with Crippen molar-refractivity contribution >= 4 is 23.5 Å². The van der Waals surface area contributed by atoms with Crippen LogP contribution in [0.5, 0.6) is 5.75 Å². The fraction of sp³-hybridized carbons (Fsp3) is 0.556. The molecule has 33 heavy (non-hydrogen) atoms. The monoisotopic (exact) mass is 541 g/mol. The van der Waals surface area contributed by atoms with Crippen molar-refractivity contribution in [2.75, 3.05) is 6.61 Å². The molecule has 0 aliphatic carbocycles. The normalized spacial score (nSPS) is 26.6. The molecule has 0 spiro atoms. The third-order valence-electron chi connectivity index (χ3n) is 3.51. The Morgan fingerprint density at radius 2 is 1.76 bits per heavy atom. The quantitative estimate of drug-likeness (QED) is 0.0559. The van der Waals surface area contributed by atoms with Gasteiger partial charge in [-0.2, -0.15) is 8.62 Å². The highest BCUT2D eigenvalue weighted by atomic mass is 31.3. The van der Waals surface area contributed by atoms with Crippen molar-refractivity contribution in [3.8, 4) is 5.75 Å². The van der Waals surface area contributed by atoms with E-state index in [1.165, 1.54) is 0 Å². The summed E-state index contributed by atoms with van der Waals surface area (Å²) < 4.78 is 50.7. The van der Waals surface area contributed by atoms with Gasteiger partial charge in [-0.25, -0.2) is 18.5 Å². The number of aromatic nitrogens is 2. The van der Waals surface area contributed by atoms with Crippen molar-refractivity contribution in [2.45, 2.75) is 24.5 Å². The Kier molecular flexibility index (Phi) is 8.27. The Morgan fingerprint density at radius 1 is 1.12 bits per heavy atom. The van der Waals surface area contributed by atoms with E-state index in [0.29, 0.717) is 10.8 Å². The zero-order chi connectivity index (χ0) is 25.2. The molecule has 24 heteroatoms. The van der Waals surface area contributed by atoms with Gasteiger partial charge in [0, 0.05) is 4.91 Å². The van der Waals surface area contributed by atoms with Crippen LogP contribution in [-0.2, 0) is 31.9 Å². The SMILES string of the molecule is [N-]=[N+]=NOC[C@H]1O[C@@H](n2cc(OP(=O)(O)OP(=O)(O)OP(=O)(O)O)c(=O)[nH]c2=O)[C@H](O)[C@@H]1O. The second-order valence-electron chi connectivity index (χ2n) is 5.86. The lowest BCUT2D eigenvalue weighted by Gasteiger charge is -2.19. The van der Waals surface area contributed by atoms with E-state index < -0.39 is 71.6 Å². The first-order valence-electron chi connectivity index (χ1n) is 7.92. The molecule has 1 aromatic rings. The molecule has 1 aromatic heterocycles. The minimum absolute atomic E-state index is 0.378. The standard InChI is InChI=1S/C9H14N5O16P3/c10-12-13-26-2-4-5(15)6(16)8(27-4)14-1-3(7(17)11-9(14)18)28-32(22,23)30-33(24,25)29-31(19,20)21/h1,4-6,8,15-16H,2H2,(H,22,23)(H,24,25)(H,11,17,18)(H2,19,20,21)/t4-,5-,6-,8-/m1/s1. The van der Waals surface area contributed by atoms with Crippen LogP contribution in [0.15, 0.2) is 21.1 Å². The Hall–Kier alpha value is -2.08. The third kappa shape index (κ3) is 7.46. The average Bonchev–Trinajstić information content (AvgIpc) is 2.89. The van der Waals surface area contributed by atoms with Crippen molar-refractivity contribution < 1.29 is 66.2 Å². The van der Waals surface area contributed by atoms with E-state index in [0.717, 1.165) is 0 Å². The predicted molar refractivity (Wildman–Crippen MR) is 96.8 cm³/mol. The first-order valence-corrected chi connectivity index (χ1v) is 12.4. The largest absolute Gasteiger partial charge is 0.536 e. The van der Waals surface area contributed by atoms with Gasteiger partial charge in [0.05, 0.1) is 6.20 Å². The van der Waals surface area contributed by atoms with Crippen LogP contribution in [0.3, 0.4) is 0 Å². The van der Waals surface area contributed by atoms with Gasteiger partial charge >= 0.3 is 29.2 Å². The van der Waals surface area contributed by atoms with Gasteiger partial charge in [0.25, 0.3) is 5.56 Å². The van der Waals surface area contributed by atoms with Crippen LogP contribution in [0, 0.1) is 0 Å². The van der Waals surface area contributed by atoms with Crippen LogP contribution in [-0.4, -0.2) is 64.3 Å². The highest BCUT2D eigenvalue weighted by molar-refractivity contribution is 7.66. The average molecular weight is 541 g/mol. The number of aliphatic hydroxyl groups is 2. The maximum absolute atomic E-state index is 12.1. The number of aliphatic hydroxyl groups excluding tert-OH is 2. The van der Waals surface area contributed by atoms with Crippen molar-refractivity contribution in [1.29, 1.82) is 0 Å². The number of ether oxygens (including phenoxy) is 1. The molecule has 0 saturated carbocycles. The molecule has 0 aromatic carbocycles. The van der Waals surface area contributed by atoms with Gasteiger partial charge in [-0.05, 0) is 5.53 Å². The van der Waals surface area contributed by atoms with E-state index in [1.807, 2.05) is 0 Å². The Bertz CT molecular complexity index is 1180. The molecule has 186 valence electrons. The Balaban J connectivity index is 2.30. The highest BCUT2D eigenvalue weighted by Crippen LogP contribution is 2.65. The van der Waals surface area contributed by atoms with Crippen LogP contribution in [0.1, 0.15) is 6.23 Å². The van der Waals surface area contributed by atoms with Gasteiger partial charge in [-0.3, -0.25) is 19.2 Å². The highest BCUT2D eigenvalue weighted by Gasteiger charge is 2.45. The molecule has 1 aliphatic rings. The molecule has 1 fully saturated rings. The van der Waals surface area contributed by atoms with Crippen LogP contribution >= 0.6 is 23.5 Å². The number of phosphoric ester groups is 1. The van der Waals surface area contributed by atoms with Gasteiger partial charge in [-0.15, -0.1) is 0 Å². The number of aromatic amines is 1. The first-order chi connectivity index (χ1) is 15.1. The van der Waals surface area contributed by atoms with E-state index in [1.54, 1.807) is 4.98 Å². The number of azide groups is 1. The molecule has 0 bridgehead atoms. The molecule has 1 saturated heterocycles. The summed E-state index contributed by atoms with van der Waals surface area (Å²) in [6.07, 6.45) is -6.28. The summed E-state index contributed by atoms with van der Waals surface area (Å²) >= 11 is 0. The van der Waals surface area contributed by atoms with Gasteiger partial charge in [0.15, 0.2) is 6.23 Å². The second kappa shape index (κ2) is 10.0. The lowest BCUT2D eigenvalue weighted by atomic mass is 10.1. The number of H-pyrrole nitrogens is 1. The van der Waals surface area contributed by atoms with Gasteiger partial charge in [-0.1, -0.05) is 0 Å². The van der Waals surface area contributed by atoms with Crippen molar-refractivity contribution in [3.05, 3.63) is 37.5 Å². The maximum atomic E-state index is 12.1. The fourth-order valence-electron chi connectivity index (χ4n) is 2.37. The molecule has 7 N–H and O–H groups in total. The van der Waals surface area contributed by atoms with Crippen LogP contribution < -0.4 is 15.8 Å². The predicted octanol–water partition coefficient (Wildman–Crippen LogP) is -1.90. The summed E-state index contributed by atoms with van der Waals surface area (Å²) in [5, 5.41) is 22.8. The summed E-state index contributed by atoms with van der Waals surface area (Å²) in [5.74, 6) is -1.24. The topological polar surface area (TPSA) is 322 Å². The summed E-state index contributed by atoms with van der Waals surface area (Å²) in [6.45, 7) is -0.578. The van der Waals surface area contributed by atoms with E-state index >= 15 is 0 Å². The summed E-state index contributed by atoms with van der Waals surface area (Å²) in [5.41, 5.74) is 5.38. The van der Waals surface area contributed by atoms with E-state index in [4.69, 9.17) is 24.9 Å². The van der Waals surface area contributed by atoms with E-state index in [2.05, 4.69) is 28.2 Å². The van der Waals surface area contributed by atoms with E-state index in [9.17, 15) is 38.4 Å². The van der Waals surface area contributed by atoms with Crippen LogP contribution in [0.4, 0.5) is 0 Å². The smallest absolute Gasteiger partial charge is 0.431 e. The zero-order valence-corrected chi connectivity index (χ0v) is 18.2. The lowest BCUT2D eigenvalue weighted by Crippen LogP contribution is -2.38. The lowest BCUT2D eigenvalue weighted by molar-refractivity contribution is -0.0688. The molecule has 2 heterocycles. The summed E-state index contributed by atoms with van der Waals surface area (Å²) in [6, 6.07) is 0. The number of hydrogen-bond donors (Lipinski definition) is 7. The molecular weight excluding hydrogens is 527 g/mol. The number of nitrogens with zero attached hydrogens (tertiary/aromatic N) is 4. The Labute approximate surface area is 179 Å². The molecule has 0 amide bonds. The van der Waals surface area contributed by atoms with Gasteiger partial charge < -0.3 is 39.0 Å². The molecule has 2 unspecified atom stereocenters. The summed E-state index contributed by atoms with van der Waals surface area (Å²) in [4.78, 5) is 67.9.